The van der Waals surface area contributed by atoms with Crippen LogP contribution >= 0.6 is 11.6 Å². The van der Waals surface area contributed by atoms with Crippen molar-refractivity contribution in [1.82, 2.24) is 20.9 Å². The van der Waals surface area contributed by atoms with E-state index in [-0.39, 0.29) is 36.7 Å². The number of ether oxygens (including phenoxy) is 1. The van der Waals surface area contributed by atoms with E-state index >= 15 is 0 Å². The zero-order chi connectivity index (χ0) is 18.1. The Morgan fingerprint density at radius 1 is 1.27 bits per heavy atom. The van der Waals surface area contributed by atoms with Gasteiger partial charge in [0.05, 0.1) is 17.1 Å². The molecular formula is C18H19ClN4O3. The van der Waals surface area contributed by atoms with Gasteiger partial charge in [0.2, 0.25) is 0 Å². The molecule has 2 aliphatic rings. The summed E-state index contributed by atoms with van der Waals surface area (Å²) in [5.74, 6) is 0.334. The van der Waals surface area contributed by atoms with Crippen LogP contribution in [0.2, 0.25) is 5.02 Å². The highest BCUT2D eigenvalue weighted by Crippen LogP contribution is 2.29. The highest BCUT2D eigenvalue weighted by Gasteiger charge is 2.37. The van der Waals surface area contributed by atoms with Gasteiger partial charge in [-0.3, -0.25) is 9.78 Å². The van der Waals surface area contributed by atoms with Crippen molar-refractivity contribution in [3.63, 3.8) is 0 Å². The number of benzene rings is 1. The molecule has 3 atom stereocenters. The van der Waals surface area contributed by atoms with Crippen molar-refractivity contribution >= 4 is 34.4 Å². The normalized spacial score (nSPS) is 24.5. The molecule has 0 bridgehead atoms. The van der Waals surface area contributed by atoms with Gasteiger partial charge in [-0.1, -0.05) is 11.6 Å². The SMILES string of the molecule is O=C(COc1ccc(Cl)c2cccnc12)NC1CCC2NC(=O)NC2C1. The minimum absolute atomic E-state index is 0.0348. The third-order valence-corrected chi connectivity index (χ3v) is 5.22. The summed E-state index contributed by atoms with van der Waals surface area (Å²) in [6.45, 7) is -0.0947. The van der Waals surface area contributed by atoms with E-state index in [9.17, 15) is 9.59 Å². The molecule has 7 nitrogen and oxygen atoms in total. The Morgan fingerprint density at radius 3 is 3.00 bits per heavy atom. The first-order valence-electron chi connectivity index (χ1n) is 8.62. The van der Waals surface area contributed by atoms with Crippen LogP contribution in [0.3, 0.4) is 0 Å². The van der Waals surface area contributed by atoms with Crippen molar-refractivity contribution in [3.8, 4) is 5.75 Å². The number of rotatable bonds is 4. The summed E-state index contributed by atoms with van der Waals surface area (Å²) in [6, 6.07) is 7.26. The lowest BCUT2D eigenvalue weighted by Gasteiger charge is -2.31. The second-order valence-electron chi connectivity index (χ2n) is 6.64. The number of pyridine rings is 1. The Bertz CT molecular complexity index is 859. The Kier molecular flexibility index (Phi) is 4.55. The smallest absolute Gasteiger partial charge is 0.315 e. The minimum atomic E-state index is -0.190. The van der Waals surface area contributed by atoms with Crippen LogP contribution in [0.4, 0.5) is 4.79 Å². The van der Waals surface area contributed by atoms with Crippen molar-refractivity contribution < 1.29 is 14.3 Å². The molecule has 2 heterocycles. The number of nitrogens with zero attached hydrogens (tertiary/aromatic N) is 1. The van der Waals surface area contributed by atoms with Crippen molar-refractivity contribution in [1.29, 1.82) is 0 Å². The lowest BCUT2D eigenvalue weighted by molar-refractivity contribution is -0.124. The lowest BCUT2D eigenvalue weighted by atomic mass is 9.88. The maximum absolute atomic E-state index is 12.3. The topological polar surface area (TPSA) is 92.3 Å². The number of amides is 3. The standard InChI is InChI=1S/C18H19ClN4O3/c19-12-4-6-15(17-11(12)2-1-7-20-17)26-9-16(24)21-10-3-5-13-14(8-10)23-18(25)22-13/h1-2,4,6-7,10,13-14H,3,5,8-9H2,(H,21,24)(H2,22,23,25). The molecule has 4 rings (SSSR count). The van der Waals surface area contributed by atoms with Gasteiger partial charge in [0, 0.05) is 17.6 Å². The van der Waals surface area contributed by atoms with E-state index in [2.05, 4.69) is 20.9 Å². The summed E-state index contributed by atoms with van der Waals surface area (Å²) in [4.78, 5) is 27.9. The molecule has 2 aromatic rings. The van der Waals surface area contributed by atoms with E-state index in [1.165, 1.54) is 0 Å². The molecule has 1 saturated carbocycles. The number of carbonyl (C=O) groups excluding carboxylic acids is 2. The van der Waals surface area contributed by atoms with Crippen LogP contribution in [0.5, 0.6) is 5.75 Å². The van der Waals surface area contributed by atoms with Crippen LogP contribution in [0.25, 0.3) is 10.9 Å². The maximum Gasteiger partial charge on any atom is 0.315 e. The predicted octanol–water partition coefficient (Wildman–Crippen LogP) is 1.99. The zero-order valence-electron chi connectivity index (χ0n) is 14.0. The number of carbonyl (C=O) groups is 2. The van der Waals surface area contributed by atoms with E-state index in [1.54, 1.807) is 24.4 Å². The molecule has 8 heteroatoms. The van der Waals surface area contributed by atoms with Crippen LogP contribution in [0.15, 0.2) is 30.5 Å². The monoisotopic (exact) mass is 374 g/mol. The number of urea groups is 1. The maximum atomic E-state index is 12.3. The average molecular weight is 375 g/mol. The molecule has 1 aromatic carbocycles. The number of nitrogens with one attached hydrogen (secondary N) is 3. The molecule has 136 valence electrons. The fraction of sp³-hybridized carbons (Fsp3) is 0.389. The Morgan fingerprint density at radius 2 is 2.12 bits per heavy atom. The van der Waals surface area contributed by atoms with Gasteiger partial charge in [0.25, 0.3) is 5.91 Å². The first-order chi connectivity index (χ1) is 12.6. The second-order valence-corrected chi connectivity index (χ2v) is 7.05. The first kappa shape index (κ1) is 16.9. The number of aromatic nitrogens is 1. The van der Waals surface area contributed by atoms with Gasteiger partial charge in [-0.05, 0) is 43.5 Å². The minimum Gasteiger partial charge on any atom is -0.481 e. The molecule has 0 spiro atoms. The molecule has 26 heavy (non-hydrogen) atoms. The number of hydrogen-bond acceptors (Lipinski definition) is 4. The van der Waals surface area contributed by atoms with Crippen molar-refractivity contribution in [2.24, 2.45) is 0 Å². The van der Waals surface area contributed by atoms with E-state index in [4.69, 9.17) is 16.3 Å². The highest BCUT2D eigenvalue weighted by molar-refractivity contribution is 6.35. The zero-order valence-corrected chi connectivity index (χ0v) is 14.8. The molecule has 0 radical (unpaired) electrons. The van der Waals surface area contributed by atoms with E-state index in [1.807, 2.05) is 6.07 Å². The van der Waals surface area contributed by atoms with Crippen molar-refractivity contribution in [3.05, 3.63) is 35.5 Å². The van der Waals surface area contributed by atoms with E-state index < -0.39 is 0 Å². The summed E-state index contributed by atoms with van der Waals surface area (Å²) >= 11 is 6.17. The van der Waals surface area contributed by atoms with Gasteiger partial charge in [-0.2, -0.15) is 0 Å². The molecule has 3 unspecified atom stereocenters. The molecular weight excluding hydrogens is 356 g/mol. The largest absolute Gasteiger partial charge is 0.481 e. The Labute approximate surface area is 155 Å². The lowest BCUT2D eigenvalue weighted by Crippen LogP contribution is -2.48. The second kappa shape index (κ2) is 6.99. The molecule has 3 N–H and O–H groups in total. The van der Waals surface area contributed by atoms with Crippen LogP contribution in [0, 0.1) is 0 Å². The molecule has 1 aromatic heterocycles. The van der Waals surface area contributed by atoms with Gasteiger partial charge in [0.1, 0.15) is 11.3 Å². The third-order valence-electron chi connectivity index (χ3n) is 4.89. The Hall–Kier alpha value is -2.54. The Balaban J connectivity index is 1.35. The average Bonchev–Trinajstić information content (AvgIpc) is 3.01. The molecule has 1 saturated heterocycles. The van der Waals surface area contributed by atoms with Gasteiger partial charge in [-0.25, -0.2) is 4.79 Å². The number of hydrogen-bond donors (Lipinski definition) is 3. The van der Waals surface area contributed by atoms with Crippen molar-refractivity contribution in [2.75, 3.05) is 6.61 Å². The van der Waals surface area contributed by atoms with Crippen LogP contribution in [0.1, 0.15) is 19.3 Å². The van der Waals surface area contributed by atoms with E-state index in [0.29, 0.717) is 16.3 Å². The highest BCUT2D eigenvalue weighted by atomic mass is 35.5. The summed E-state index contributed by atoms with van der Waals surface area (Å²) in [5, 5.41) is 10.1. The molecule has 1 aliphatic heterocycles. The summed E-state index contributed by atoms with van der Waals surface area (Å²) in [7, 11) is 0. The molecule has 2 fully saturated rings. The number of halogens is 1. The van der Waals surface area contributed by atoms with Gasteiger partial charge < -0.3 is 20.7 Å². The third kappa shape index (κ3) is 3.39. The first-order valence-corrected chi connectivity index (χ1v) is 9.00. The van der Waals surface area contributed by atoms with E-state index in [0.717, 1.165) is 24.6 Å². The summed E-state index contributed by atoms with van der Waals surface area (Å²) in [5.41, 5.74) is 0.632. The van der Waals surface area contributed by atoms with Gasteiger partial charge >= 0.3 is 6.03 Å². The fourth-order valence-electron chi connectivity index (χ4n) is 3.65. The van der Waals surface area contributed by atoms with Crippen LogP contribution in [-0.2, 0) is 4.79 Å². The van der Waals surface area contributed by atoms with Gasteiger partial charge in [-0.15, -0.1) is 0 Å². The summed E-state index contributed by atoms with van der Waals surface area (Å²) in [6.07, 6.45) is 4.07. The van der Waals surface area contributed by atoms with Gasteiger partial charge in [0.15, 0.2) is 6.61 Å². The molecule has 3 amide bonds. The number of fused-ring (bicyclic) bond motifs is 2. The predicted molar refractivity (Wildman–Crippen MR) is 97.3 cm³/mol. The van der Waals surface area contributed by atoms with Crippen LogP contribution in [-0.4, -0.2) is 41.7 Å². The van der Waals surface area contributed by atoms with Crippen molar-refractivity contribution in [2.45, 2.75) is 37.4 Å². The fourth-order valence-corrected chi connectivity index (χ4v) is 3.87. The molecule has 1 aliphatic carbocycles. The summed E-state index contributed by atoms with van der Waals surface area (Å²) < 4.78 is 5.67. The quantitative estimate of drug-likeness (QED) is 0.763. The van der Waals surface area contributed by atoms with Crippen LogP contribution < -0.4 is 20.7 Å².